The van der Waals surface area contributed by atoms with Crippen molar-refractivity contribution in [1.29, 1.82) is 0 Å². The predicted octanol–water partition coefficient (Wildman–Crippen LogP) is 3.51. The summed E-state index contributed by atoms with van der Waals surface area (Å²) in [6.07, 6.45) is 0. The molecular formula is C16H20N2O3S. The molecule has 0 atom stereocenters. The van der Waals surface area contributed by atoms with Gasteiger partial charge < -0.3 is 10.1 Å². The SMILES string of the molecule is CCS(=O)(=O)Nc1ccc(Nc2cc(C)ccc2OC)cc1. The summed E-state index contributed by atoms with van der Waals surface area (Å²) in [5, 5.41) is 3.27. The molecule has 0 aliphatic rings. The van der Waals surface area contributed by atoms with Crippen molar-refractivity contribution in [3.05, 3.63) is 48.0 Å². The Bertz CT molecular complexity index is 740. The summed E-state index contributed by atoms with van der Waals surface area (Å²) in [6, 6.07) is 12.9. The molecule has 2 N–H and O–H groups in total. The van der Waals surface area contributed by atoms with Crippen LogP contribution in [0.25, 0.3) is 0 Å². The molecule has 0 unspecified atom stereocenters. The van der Waals surface area contributed by atoms with E-state index in [2.05, 4.69) is 10.0 Å². The standard InChI is InChI=1S/C16H20N2O3S/c1-4-22(19,20)18-14-8-6-13(7-9-14)17-15-11-12(2)5-10-16(15)21-3/h5-11,17-18H,4H2,1-3H3. The van der Waals surface area contributed by atoms with Crippen LogP contribution in [-0.2, 0) is 10.0 Å². The summed E-state index contributed by atoms with van der Waals surface area (Å²) >= 11 is 0. The molecule has 6 heteroatoms. The lowest BCUT2D eigenvalue weighted by Gasteiger charge is -2.13. The number of methoxy groups -OCH3 is 1. The fraction of sp³-hybridized carbons (Fsp3) is 0.250. The molecule has 0 radical (unpaired) electrons. The Labute approximate surface area is 131 Å². The molecular weight excluding hydrogens is 300 g/mol. The predicted molar refractivity (Wildman–Crippen MR) is 90.5 cm³/mol. The maximum Gasteiger partial charge on any atom is 0.232 e. The molecule has 2 aromatic rings. The molecule has 0 aromatic heterocycles. The molecule has 0 bridgehead atoms. The van der Waals surface area contributed by atoms with E-state index in [0.717, 1.165) is 22.7 Å². The average molecular weight is 320 g/mol. The number of benzene rings is 2. The monoisotopic (exact) mass is 320 g/mol. The van der Waals surface area contributed by atoms with Crippen LogP contribution in [0, 0.1) is 6.92 Å². The first-order chi connectivity index (χ1) is 10.4. The van der Waals surface area contributed by atoms with E-state index < -0.39 is 10.0 Å². The van der Waals surface area contributed by atoms with Crippen LogP contribution in [0.4, 0.5) is 17.1 Å². The summed E-state index contributed by atoms with van der Waals surface area (Å²) in [5.41, 5.74) is 3.38. The van der Waals surface area contributed by atoms with E-state index >= 15 is 0 Å². The lowest BCUT2D eigenvalue weighted by atomic mass is 10.2. The van der Waals surface area contributed by atoms with Crippen LogP contribution in [-0.4, -0.2) is 21.3 Å². The first-order valence-electron chi connectivity index (χ1n) is 6.96. The number of hydrogen-bond donors (Lipinski definition) is 2. The Morgan fingerprint density at radius 2 is 1.68 bits per heavy atom. The third-order valence-corrected chi connectivity index (χ3v) is 4.48. The molecule has 0 aliphatic heterocycles. The minimum Gasteiger partial charge on any atom is -0.495 e. The van der Waals surface area contributed by atoms with Crippen LogP contribution < -0.4 is 14.8 Å². The minimum absolute atomic E-state index is 0.0491. The van der Waals surface area contributed by atoms with Gasteiger partial charge in [-0.3, -0.25) is 4.72 Å². The van der Waals surface area contributed by atoms with E-state index in [1.807, 2.05) is 37.3 Å². The second-order valence-corrected chi connectivity index (χ2v) is 6.92. The molecule has 2 aromatic carbocycles. The lowest BCUT2D eigenvalue weighted by Crippen LogP contribution is -2.14. The number of aryl methyl sites for hydroxylation is 1. The number of hydrogen-bond acceptors (Lipinski definition) is 4. The van der Waals surface area contributed by atoms with Crippen molar-refractivity contribution in [3.63, 3.8) is 0 Å². The second kappa shape index (κ2) is 6.70. The molecule has 118 valence electrons. The third-order valence-electron chi connectivity index (χ3n) is 3.17. The Balaban J connectivity index is 2.17. The summed E-state index contributed by atoms with van der Waals surface area (Å²) in [6.45, 7) is 3.61. The zero-order valence-corrected chi connectivity index (χ0v) is 13.7. The van der Waals surface area contributed by atoms with Crippen LogP contribution in [0.15, 0.2) is 42.5 Å². The largest absolute Gasteiger partial charge is 0.495 e. The Kier molecular flexibility index (Phi) is 4.92. The van der Waals surface area contributed by atoms with Crippen LogP contribution in [0.2, 0.25) is 0 Å². The number of ether oxygens (including phenoxy) is 1. The smallest absolute Gasteiger partial charge is 0.232 e. The third kappa shape index (κ3) is 4.14. The highest BCUT2D eigenvalue weighted by molar-refractivity contribution is 7.92. The van der Waals surface area contributed by atoms with Crippen molar-refractivity contribution < 1.29 is 13.2 Å². The normalized spacial score (nSPS) is 11.0. The van der Waals surface area contributed by atoms with Gasteiger partial charge in [-0.05, 0) is 55.8 Å². The maximum atomic E-state index is 11.5. The number of rotatable bonds is 6. The Morgan fingerprint density at radius 1 is 1.05 bits per heavy atom. The van der Waals surface area contributed by atoms with Gasteiger partial charge in [-0.1, -0.05) is 6.07 Å². The van der Waals surface area contributed by atoms with Gasteiger partial charge in [-0.15, -0.1) is 0 Å². The summed E-state index contributed by atoms with van der Waals surface area (Å²) in [4.78, 5) is 0. The molecule has 0 amide bonds. The van der Waals surface area contributed by atoms with Crippen molar-refractivity contribution >= 4 is 27.1 Å². The van der Waals surface area contributed by atoms with E-state index in [1.54, 1.807) is 26.2 Å². The topological polar surface area (TPSA) is 67.4 Å². The first kappa shape index (κ1) is 16.2. The van der Waals surface area contributed by atoms with Crippen molar-refractivity contribution in [1.82, 2.24) is 0 Å². The fourth-order valence-electron chi connectivity index (χ4n) is 1.95. The van der Waals surface area contributed by atoms with Gasteiger partial charge >= 0.3 is 0 Å². The molecule has 5 nitrogen and oxygen atoms in total. The summed E-state index contributed by atoms with van der Waals surface area (Å²) < 4.78 is 30.9. The maximum absolute atomic E-state index is 11.5. The van der Waals surface area contributed by atoms with Gasteiger partial charge in [0.15, 0.2) is 0 Å². The Hall–Kier alpha value is -2.21. The highest BCUT2D eigenvalue weighted by Crippen LogP contribution is 2.29. The van der Waals surface area contributed by atoms with Crippen molar-refractivity contribution in [2.75, 3.05) is 22.9 Å². The first-order valence-corrected chi connectivity index (χ1v) is 8.61. The number of anilines is 3. The van der Waals surface area contributed by atoms with Gasteiger partial charge in [0.2, 0.25) is 10.0 Å². The molecule has 22 heavy (non-hydrogen) atoms. The molecule has 0 spiro atoms. The minimum atomic E-state index is -3.25. The zero-order valence-electron chi connectivity index (χ0n) is 12.9. The molecule has 0 heterocycles. The Morgan fingerprint density at radius 3 is 2.27 bits per heavy atom. The molecule has 2 rings (SSSR count). The van der Waals surface area contributed by atoms with E-state index in [-0.39, 0.29) is 5.75 Å². The molecule has 0 fully saturated rings. The van der Waals surface area contributed by atoms with Gasteiger partial charge in [0.1, 0.15) is 5.75 Å². The zero-order chi connectivity index (χ0) is 16.2. The van der Waals surface area contributed by atoms with E-state index in [4.69, 9.17) is 4.74 Å². The van der Waals surface area contributed by atoms with E-state index in [0.29, 0.717) is 5.69 Å². The highest BCUT2D eigenvalue weighted by Gasteiger charge is 2.07. The summed E-state index contributed by atoms with van der Waals surface area (Å²) in [7, 11) is -1.63. The highest BCUT2D eigenvalue weighted by atomic mass is 32.2. The van der Waals surface area contributed by atoms with Gasteiger partial charge in [0.05, 0.1) is 18.6 Å². The number of nitrogens with one attached hydrogen (secondary N) is 2. The van der Waals surface area contributed by atoms with Crippen LogP contribution in [0.1, 0.15) is 12.5 Å². The fourth-order valence-corrected chi connectivity index (χ4v) is 2.59. The average Bonchev–Trinajstić information content (AvgIpc) is 2.49. The van der Waals surface area contributed by atoms with Crippen LogP contribution in [0.5, 0.6) is 5.75 Å². The van der Waals surface area contributed by atoms with E-state index in [1.165, 1.54) is 0 Å². The second-order valence-electron chi connectivity index (χ2n) is 4.91. The van der Waals surface area contributed by atoms with Crippen LogP contribution in [0.3, 0.4) is 0 Å². The van der Waals surface area contributed by atoms with Crippen molar-refractivity contribution in [3.8, 4) is 5.75 Å². The molecule has 0 saturated carbocycles. The van der Waals surface area contributed by atoms with Gasteiger partial charge in [-0.2, -0.15) is 0 Å². The van der Waals surface area contributed by atoms with Gasteiger partial charge in [-0.25, -0.2) is 8.42 Å². The summed E-state index contributed by atoms with van der Waals surface area (Å²) in [5.74, 6) is 0.800. The molecule has 0 aliphatic carbocycles. The van der Waals surface area contributed by atoms with Crippen LogP contribution >= 0.6 is 0 Å². The lowest BCUT2D eigenvalue weighted by molar-refractivity contribution is 0.416. The van der Waals surface area contributed by atoms with Gasteiger partial charge in [0.25, 0.3) is 0 Å². The van der Waals surface area contributed by atoms with Crippen molar-refractivity contribution in [2.45, 2.75) is 13.8 Å². The molecule has 0 saturated heterocycles. The number of sulfonamides is 1. The van der Waals surface area contributed by atoms with Gasteiger partial charge in [0, 0.05) is 11.4 Å². The van der Waals surface area contributed by atoms with E-state index in [9.17, 15) is 8.42 Å². The van der Waals surface area contributed by atoms with Crippen molar-refractivity contribution in [2.24, 2.45) is 0 Å². The quantitative estimate of drug-likeness (QED) is 0.855.